The van der Waals surface area contributed by atoms with E-state index in [1.54, 1.807) is 24.1 Å². The van der Waals surface area contributed by atoms with Crippen LogP contribution >= 0.6 is 0 Å². The molecule has 1 amide bonds. The third kappa shape index (κ3) is 2.72. The molecule has 0 spiro atoms. The second-order valence-corrected chi connectivity index (χ2v) is 5.48. The van der Waals surface area contributed by atoms with Crippen molar-refractivity contribution in [1.29, 1.82) is 0 Å². The Hall–Kier alpha value is -1.36. The molecular formula is C13H21N3O2. The van der Waals surface area contributed by atoms with Crippen LogP contribution in [0, 0.1) is 5.92 Å². The highest BCUT2D eigenvalue weighted by molar-refractivity contribution is 5.94. The number of rotatable bonds is 3. The van der Waals surface area contributed by atoms with Crippen molar-refractivity contribution in [3.63, 3.8) is 0 Å². The minimum atomic E-state index is -0.445. The predicted molar refractivity (Wildman–Crippen MR) is 68.1 cm³/mol. The Morgan fingerprint density at radius 3 is 2.78 bits per heavy atom. The van der Waals surface area contributed by atoms with Gasteiger partial charge >= 0.3 is 0 Å². The van der Waals surface area contributed by atoms with Crippen LogP contribution in [0.5, 0.6) is 0 Å². The first-order chi connectivity index (χ1) is 8.54. The van der Waals surface area contributed by atoms with Crippen molar-refractivity contribution in [3.05, 3.63) is 18.0 Å². The van der Waals surface area contributed by atoms with E-state index in [9.17, 15) is 9.90 Å². The fraction of sp³-hybridized carbons (Fsp3) is 0.692. The topological polar surface area (TPSA) is 67.2 Å². The van der Waals surface area contributed by atoms with E-state index < -0.39 is 5.54 Å². The number of nitrogens with one attached hydrogen (secondary N) is 1. The predicted octanol–water partition coefficient (Wildman–Crippen LogP) is 1.09. The normalized spacial score (nSPS) is 28.1. The maximum absolute atomic E-state index is 12.1. The summed E-state index contributed by atoms with van der Waals surface area (Å²) < 4.78 is 1.60. The molecule has 0 radical (unpaired) electrons. The average molecular weight is 251 g/mol. The summed E-state index contributed by atoms with van der Waals surface area (Å²) in [4.78, 5) is 12.1. The summed E-state index contributed by atoms with van der Waals surface area (Å²) in [5.74, 6) is 0.534. The van der Waals surface area contributed by atoms with Gasteiger partial charge in [0, 0.05) is 13.2 Å². The van der Waals surface area contributed by atoms with Crippen LogP contribution in [0.2, 0.25) is 0 Å². The molecule has 0 bridgehead atoms. The largest absolute Gasteiger partial charge is 0.394 e. The SMILES string of the molecule is CC1CCC(CO)(NC(=O)c2cnn(C)c2)CC1. The number of aliphatic hydroxyl groups excluding tert-OH is 1. The smallest absolute Gasteiger partial charge is 0.254 e. The molecule has 1 aromatic heterocycles. The number of nitrogens with zero attached hydrogens (tertiary/aromatic N) is 2. The molecule has 1 heterocycles. The van der Waals surface area contributed by atoms with Gasteiger partial charge in [0.1, 0.15) is 0 Å². The van der Waals surface area contributed by atoms with Gasteiger partial charge in [0.25, 0.3) is 5.91 Å². The highest BCUT2D eigenvalue weighted by atomic mass is 16.3. The van der Waals surface area contributed by atoms with Crippen molar-refractivity contribution in [2.24, 2.45) is 13.0 Å². The average Bonchev–Trinajstić information content (AvgIpc) is 2.79. The highest BCUT2D eigenvalue weighted by Gasteiger charge is 2.35. The first kappa shape index (κ1) is 13.1. The number of hydrogen-bond donors (Lipinski definition) is 2. The second-order valence-electron chi connectivity index (χ2n) is 5.48. The molecule has 18 heavy (non-hydrogen) atoms. The van der Waals surface area contributed by atoms with Crippen molar-refractivity contribution < 1.29 is 9.90 Å². The minimum absolute atomic E-state index is 0.00568. The van der Waals surface area contributed by atoms with Crippen molar-refractivity contribution >= 4 is 5.91 Å². The Bertz CT molecular complexity index is 420. The molecule has 1 aliphatic rings. The van der Waals surface area contributed by atoms with Crippen LogP contribution in [-0.4, -0.2) is 32.9 Å². The zero-order chi connectivity index (χ0) is 13.2. The molecule has 0 aromatic carbocycles. The number of hydrogen-bond acceptors (Lipinski definition) is 3. The number of carbonyl (C=O) groups is 1. The molecule has 1 aromatic rings. The van der Waals surface area contributed by atoms with Gasteiger partial charge in [0.2, 0.25) is 0 Å². The molecule has 5 nitrogen and oxygen atoms in total. The zero-order valence-corrected chi connectivity index (χ0v) is 11.0. The number of carbonyl (C=O) groups excluding carboxylic acids is 1. The molecule has 5 heteroatoms. The van der Waals surface area contributed by atoms with E-state index in [4.69, 9.17) is 0 Å². The van der Waals surface area contributed by atoms with Gasteiger partial charge in [0.05, 0.1) is 23.9 Å². The molecular weight excluding hydrogens is 230 g/mol. The lowest BCUT2D eigenvalue weighted by atomic mass is 9.77. The van der Waals surface area contributed by atoms with Gasteiger partial charge in [-0.25, -0.2) is 0 Å². The molecule has 0 aliphatic heterocycles. The van der Waals surface area contributed by atoms with Crippen molar-refractivity contribution in [2.75, 3.05) is 6.61 Å². The summed E-state index contributed by atoms with van der Waals surface area (Å²) in [5.41, 5.74) is 0.100. The summed E-state index contributed by atoms with van der Waals surface area (Å²) in [6.45, 7) is 2.22. The summed E-state index contributed by atoms with van der Waals surface area (Å²) >= 11 is 0. The molecule has 100 valence electrons. The van der Waals surface area contributed by atoms with Gasteiger partial charge in [-0.3, -0.25) is 9.48 Å². The number of aromatic nitrogens is 2. The van der Waals surface area contributed by atoms with Gasteiger partial charge in [-0.15, -0.1) is 0 Å². The number of aliphatic hydroxyl groups is 1. The van der Waals surface area contributed by atoms with Crippen LogP contribution in [0.1, 0.15) is 43.0 Å². The summed E-state index contributed by atoms with van der Waals surface area (Å²) in [6, 6.07) is 0. The maximum Gasteiger partial charge on any atom is 0.254 e. The first-order valence-electron chi connectivity index (χ1n) is 6.47. The molecule has 1 aliphatic carbocycles. The highest BCUT2D eigenvalue weighted by Crippen LogP contribution is 2.31. The van der Waals surface area contributed by atoms with Gasteiger partial charge in [0.15, 0.2) is 0 Å². The van der Waals surface area contributed by atoms with E-state index in [1.165, 1.54) is 0 Å². The van der Waals surface area contributed by atoms with Crippen molar-refractivity contribution in [3.8, 4) is 0 Å². The van der Waals surface area contributed by atoms with Crippen LogP contribution in [0.4, 0.5) is 0 Å². The summed E-state index contributed by atoms with van der Waals surface area (Å²) in [5, 5.41) is 16.6. The van der Waals surface area contributed by atoms with Crippen molar-refractivity contribution in [2.45, 2.75) is 38.1 Å². The third-order valence-electron chi connectivity index (χ3n) is 3.88. The monoisotopic (exact) mass is 251 g/mol. The zero-order valence-electron chi connectivity index (χ0n) is 11.0. The van der Waals surface area contributed by atoms with Gasteiger partial charge in [-0.05, 0) is 31.6 Å². The van der Waals surface area contributed by atoms with Crippen LogP contribution in [0.25, 0.3) is 0 Å². The quantitative estimate of drug-likeness (QED) is 0.845. The minimum Gasteiger partial charge on any atom is -0.394 e. The molecule has 1 fully saturated rings. The number of aryl methyl sites for hydroxylation is 1. The van der Waals surface area contributed by atoms with Crippen LogP contribution in [0.15, 0.2) is 12.4 Å². The van der Waals surface area contributed by atoms with E-state index >= 15 is 0 Å². The second kappa shape index (κ2) is 5.10. The van der Waals surface area contributed by atoms with E-state index in [0.717, 1.165) is 25.7 Å². The molecule has 1 saturated carbocycles. The van der Waals surface area contributed by atoms with Crippen LogP contribution < -0.4 is 5.32 Å². The summed E-state index contributed by atoms with van der Waals surface area (Å²) in [7, 11) is 1.78. The fourth-order valence-corrected chi connectivity index (χ4v) is 2.49. The molecule has 2 rings (SSSR count). The lowest BCUT2D eigenvalue weighted by Gasteiger charge is -2.38. The molecule has 0 unspecified atom stereocenters. The van der Waals surface area contributed by atoms with Gasteiger partial charge < -0.3 is 10.4 Å². The van der Waals surface area contributed by atoms with E-state index in [1.807, 2.05) is 0 Å². The molecule has 2 N–H and O–H groups in total. The summed E-state index contributed by atoms with van der Waals surface area (Å²) in [6.07, 6.45) is 7.02. The van der Waals surface area contributed by atoms with E-state index in [2.05, 4.69) is 17.3 Å². The van der Waals surface area contributed by atoms with Gasteiger partial charge in [-0.1, -0.05) is 6.92 Å². The first-order valence-corrected chi connectivity index (χ1v) is 6.47. The fourth-order valence-electron chi connectivity index (χ4n) is 2.49. The van der Waals surface area contributed by atoms with Crippen LogP contribution in [-0.2, 0) is 7.05 Å². The third-order valence-corrected chi connectivity index (χ3v) is 3.88. The molecule has 0 saturated heterocycles. The number of amides is 1. The Labute approximate surface area is 107 Å². The maximum atomic E-state index is 12.1. The Kier molecular flexibility index (Phi) is 3.71. The Morgan fingerprint density at radius 1 is 1.61 bits per heavy atom. The lowest BCUT2D eigenvalue weighted by Crippen LogP contribution is -2.53. The standard InChI is InChI=1S/C13H21N3O2/c1-10-3-5-13(9-17,6-4-10)15-12(18)11-7-14-16(2)8-11/h7-8,10,17H,3-6,9H2,1-2H3,(H,15,18). The van der Waals surface area contributed by atoms with Crippen LogP contribution in [0.3, 0.4) is 0 Å². The van der Waals surface area contributed by atoms with Crippen molar-refractivity contribution in [1.82, 2.24) is 15.1 Å². The lowest BCUT2D eigenvalue weighted by molar-refractivity contribution is 0.0717. The van der Waals surface area contributed by atoms with E-state index in [-0.39, 0.29) is 12.5 Å². The Balaban J connectivity index is 2.04. The molecule has 0 atom stereocenters. The Morgan fingerprint density at radius 2 is 2.28 bits per heavy atom. The van der Waals surface area contributed by atoms with E-state index in [0.29, 0.717) is 11.5 Å². The van der Waals surface area contributed by atoms with Gasteiger partial charge in [-0.2, -0.15) is 5.10 Å².